The van der Waals surface area contributed by atoms with E-state index in [1.165, 1.54) is 6.42 Å². The topological polar surface area (TPSA) is 70.2 Å². The van der Waals surface area contributed by atoms with Crippen molar-refractivity contribution >= 4 is 10.2 Å². The molecule has 6 heteroatoms. The molecule has 0 saturated carbocycles. The summed E-state index contributed by atoms with van der Waals surface area (Å²) >= 11 is 0. The van der Waals surface area contributed by atoms with Crippen molar-refractivity contribution in [3.63, 3.8) is 0 Å². The van der Waals surface area contributed by atoms with Crippen LogP contribution in [0.3, 0.4) is 0 Å². The van der Waals surface area contributed by atoms with Gasteiger partial charge in [-0.25, -0.2) is 4.72 Å². The minimum atomic E-state index is -3.36. The Labute approximate surface area is 98.6 Å². The fraction of sp³-hybridized carbons (Fsp3) is 1.00. The van der Waals surface area contributed by atoms with Crippen LogP contribution in [0.4, 0.5) is 0 Å². The van der Waals surface area contributed by atoms with Crippen LogP contribution in [0.25, 0.3) is 0 Å². The van der Waals surface area contributed by atoms with E-state index in [1.54, 1.807) is 0 Å². The lowest BCUT2D eigenvalue weighted by molar-refractivity contribution is 0.478. The summed E-state index contributed by atoms with van der Waals surface area (Å²) in [4.78, 5) is 0. The van der Waals surface area contributed by atoms with Crippen molar-refractivity contribution in [3.8, 4) is 0 Å². The van der Waals surface area contributed by atoms with Crippen LogP contribution in [0.2, 0.25) is 0 Å². The highest BCUT2D eigenvalue weighted by Gasteiger charge is 2.20. The van der Waals surface area contributed by atoms with Crippen LogP contribution >= 0.6 is 0 Å². The second kappa shape index (κ2) is 5.44. The molecule has 1 rings (SSSR count). The second-order valence-corrected chi connectivity index (χ2v) is 6.83. The lowest BCUT2D eigenvalue weighted by Gasteiger charge is -2.21. The Morgan fingerprint density at radius 2 is 2.06 bits per heavy atom. The van der Waals surface area contributed by atoms with Crippen LogP contribution in [0, 0.1) is 0 Å². The molecule has 1 atom stereocenters. The van der Waals surface area contributed by atoms with Gasteiger partial charge in [0.25, 0.3) is 10.2 Å². The Bertz CT molecular complexity index is 303. The molecular weight excluding hydrogens is 226 g/mol. The molecule has 96 valence electrons. The predicted octanol–water partition coefficient (Wildman–Crippen LogP) is 0.351. The summed E-state index contributed by atoms with van der Waals surface area (Å²) in [6, 6.07) is 0.470. The third-order valence-corrected chi connectivity index (χ3v) is 3.85. The molecule has 1 aliphatic heterocycles. The van der Waals surface area contributed by atoms with Crippen LogP contribution in [-0.2, 0) is 10.2 Å². The van der Waals surface area contributed by atoms with E-state index in [1.807, 2.05) is 20.8 Å². The van der Waals surface area contributed by atoms with E-state index >= 15 is 0 Å². The molecule has 1 heterocycles. The first-order valence-electron chi connectivity index (χ1n) is 5.80. The highest BCUT2D eigenvalue weighted by Crippen LogP contribution is 2.07. The number of nitrogens with one attached hydrogen (secondary N) is 3. The maximum Gasteiger partial charge on any atom is 0.277 e. The fourth-order valence-electron chi connectivity index (χ4n) is 1.81. The third kappa shape index (κ3) is 5.79. The number of hydrogen-bond donors (Lipinski definition) is 3. The third-order valence-electron chi connectivity index (χ3n) is 2.39. The van der Waals surface area contributed by atoms with Gasteiger partial charge in [-0.05, 0) is 46.6 Å². The second-order valence-electron chi connectivity index (χ2n) is 5.33. The molecule has 5 nitrogen and oxygen atoms in total. The van der Waals surface area contributed by atoms with Gasteiger partial charge in [-0.3, -0.25) is 0 Å². The molecule has 1 fully saturated rings. The maximum absolute atomic E-state index is 11.6. The standard InChI is InChI=1S/C10H23N3O2S/c1-10(2,3)13-16(14,15)12-8-6-9-5-4-7-11-9/h9,11-13H,4-8H2,1-3H3. The number of hydrogen-bond acceptors (Lipinski definition) is 3. The average Bonchev–Trinajstić information content (AvgIpc) is 2.51. The molecule has 0 radical (unpaired) electrons. The van der Waals surface area contributed by atoms with Gasteiger partial charge in [-0.15, -0.1) is 0 Å². The van der Waals surface area contributed by atoms with Crippen molar-refractivity contribution in [1.82, 2.24) is 14.8 Å². The van der Waals surface area contributed by atoms with Crippen molar-refractivity contribution in [1.29, 1.82) is 0 Å². The zero-order chi connectivity index (χ0) is 12.2. The van der Waals surface area contributed by atoms with Gasteiger partial charge in [0, 0.05) is 18.1 Å². The van der Waals surface area contributed by atoms with Crippen molar-refractivity contribution in [2.45, 2.75) is 51.6 Å². The normalized spacial score (nSPS) is 22.6. The van der Waals surface area contributed by atoms with Crippen molar-refractivity contribution in [3.05, 3.63) is 0 Å². The minimum absolute atomic E-state index is 0.433. The summed E-state index contributed by atoms with van der Waals surface area (Å²) in [5.74, 6) is 0. The molecule has 1 saturated heterocycles. The maximum atomic E-state index is 11.6. The van der Waals surface area contributed by atoms with E-state index in [0.29, 0.717) is 12.6 Å². The molecule has 0 aromatic rings. The highest BCUT2D eigenvalue weighted by molar-refractivity contribution is 7.87. The van der Waals surface area contributed by atoms with Crippen LogP contribution in [0.5, 0.6) is 0 Å². The van der Waals surface area contributed by atoms with E-state index < -0.39 is 15.7 Å². The smallest absolute Gasteiger partial charge is 0.277 e. The molecule has 0 bridgehead atoms. The first-order valence-corrected chi connectivity index (χ1v) is 7.29. The Kier molecular flexibility index (Phi) is 4.73. The SMILES string of the molecule is CC(C)(C)NS(=O)(=O)NCCC1CCCN1. The quantitative estimate of drug-likeness (QED) is 0.658. The largest absolute Gasteiger partial charge is 0.314 e. The lowest BCUT2D eigenvalue weighted by Crippen LogP contribution is -2.47. The monoisotopic (exact) mass is 249 g/mol. The van der Waals surface area contributed by atoms with Gasteiger partial charge >= 0.3 is 0 Å². The van der Waals surface area contributed by atoms with Gasteiger partial charge in [-0.2, -0.15) is 13.1 Å². The van der Waals surface area contributed by atoms with Crippen molar-refractivity contribution in [2.24, 2.45) is 0 Å². The van der Waals surface area contributed by atoms with Crippen LogP contribution in [0.1, 0.15) is 40.0 Å². The van der Waals surface area contributed by atoms with Crippen LogP contribution in [0.15, 0.2) is 0 Å². The molecule has 0 aliphatic carbocycles. The van der Waals surface area contributed by atoms with Gasteiger partial charge in [0.2, 0.25) is 0 Å². The number of rotatable bonds is 5. The van der Waals surface area contributed by atoms with E-state index in [2.05, 4.69) is 14.8 Å². The van der Waals surface area contributed by atoms with Crippen LogP contribution < -0.4 is 14.8 Å². The fourth-order valence-corrected chi connectivity index (χ4v) is 3.07. The molecule has 0 aromatic heterocycles. The zero-order valence-corrected chi connectivity index (χ0v) is 11.2. The van der Waals surface area contributed by atoms with E-state index in [-0.39, 0.29) is 0 Å². The van der Waals surface area contributed by atoms with Gasteiger partial charge < -0.3 is 5.32 Å². The Balaban J connectivity index is 2.25. The van der Waals surface area contributed by atoms with Crippen LogP contribution in [-0.4, -0.2) is 33.1 Å². The van der Waals surface area contributed by atoms with Gasteiger partial charge in [0.1, 0.15) is 0 Å². The summed E-state index contributed by atoms with van der Waals surface area (Å²) in [5.41, 5.74) is -0.433. The lowest BCUT2D eigenvalue weighted by atomic mass is 10.1. The van der Waals surface area contributed by atoms with Gasteiger partial charge in [0.05, 0.1) is 0 Å². The predicted molar refractivity (Wildman–Crippen MR) is 65.5 cm³/mol. The summed E-state index contributed by atoms with van der Waals surface area (Å²) in [5, 5.41) is 3.34. The molecular formula is C10H23N3O2S. The summed E-state index contributed by atoms with van der Waals surface area (Å²) in [6.07, 6.45) is 3.19. The van der Waals surface area contributed by atoms with Crippen molar-refractivity contribution in [2.75, 3.05) is 13.1 Å². The molecule has 0 spiro atoms. The van der Waals surface area contributed by atoms with Gasteiger partial charge in [-0.1, -0.05) is 0 Å². The Morgan fingerprint density at radius 3 is 2.56 bits per heavy atom. The van der Waals surface area contributed by atoms with E-state index in [0.717, 1.165) is 19.4 Å². The zero-order valence-electron chi connectivity index (χ0n) is 10.3. The van der Waals surface area contributed by atoms with Crippen molar-refractivity contribution < 1.29 is 8.42 Å². The summed E-state index contributed by atoms with van der Waals surface area (Å²) in [6.45, 7) is 7.01. The Hall–Kier alpha value is -0.170. The average molecular weight is 249 g/mol. The van der Waals surface area contributed by atoms with E-state index in [9.17, 15) is 8.42 Å². The molecule has 0 amide bonds. The first kappa shape index (κ1) is 13.9. The molecule has 16 heavy (non-hydrogen) atoms. The molecule has 3 N–H and O–H groups in total. The summed E-state index contributed by atoms with van der Waals surface area (Å²) < 4.78 is 28.3. The Morgan fingerprint density at radius 1 is 1.38 bits per heavy atom. The molecule has 1 aliphatic rings. The first-order chi connectivity index (χ1) is 7.29. The van der Waals surface area contributed by atoms with E-state index in [4.69, 9.17) is 0 Å². The molecule has 1 unspecified atom stereocenters. The summed E-state index contributed by atoms with van der Waals surface area (Å²) in [7, 11) is -3.36. The minimum Gasteiger partial charge on any atom is -0.314 e. The highest BCUT2D eigenvalue weighted by atomic mass is 32.2. The van der Waals surface area contributed by atoms with Gasteiger partial charge in [0.15, 0.2) is 0 Å². The molecule has 0 aromatic carbocycles.